The molecular formula is C22H25Cl2NO3. The normalized spacial score (nSPS) is 29.4. The highest BCUT2D eigenvalue weighted by Gasteiger charge is 2.49. The van der Waals surface area contributed by atoms with Gasteiger partial charge < -0.3 is 14.4 Å². The van der Waals surface area contributed by atoms with E-state index in [2.05, 4.69) is 5.16 Å². The summed E-state index contributed by atoms with van der Waals surface area (Å²) in [5.74, 6) is 1.36. The van der Waals surface area contributed by atoms with Crippen molar-refractivity contribution in [2.24, 2.45) is 5.41 Å². The number of rotatable bonds is 6. The van der Waals surface area contributed by atoms with Gasteiger partial charge in [0.25, 0.3) is 0 Å². The number of aliphatic hydroxyl groups is 1. The molecule has 4 aliphatic rings. The quantitative estimate of drug-likeness (QED) is 0.609. The van der Waals surface area contributed by atoms with Crippen molar-refractivity contribution >= 4 is 23.2 Å². The molecule has 0 aliphatic heterocycles. The Hall–Kier alpha value is -1.07. The van der Waals surface area contributed by atoms with Crippen LogP contribution in [-0.4, -0.2) is 22.5 Å². The molecule has 1 N–H and O–H groups in total. The molecule has 28 heavy (non-hydrogen) atoms. The van der Waals surface area contributed by atoms with Crippen LogP contribution in [0.4, 0.5) is 0 Å². The van der Waals surface area contributed by atoms with Crippen LogP contribution in [0.2, 0.25) is 10.0 Å². The van der Waals surface area contributed by atoms with Gasteiger partial charge >= 0.3 is 0 Å². The lowest BCUT2D eigenvalue weighted by molar-refractivity contribution is -0.152. The lowest BCUT2D eigenvalue weighted by atomic mass is 9.59. The molecule has 0 spiro atoms. The molecule has 4 aliphatic carbocycles. The van der Waals surface area contributed by atoms with Crippen LogP contribution < -0.4 is 0 Å². The van der Waals surface area contributed by atoms with Crippen LogP contribution in [0.15, 0.2) is 22.7 Å². The molecule has 1 aromatic carbocycles. The zero-order chi connectivity index (χ0) is 19.4. The summed E-state index contributed by atoms with van der Waals surface area (Å²) in [5.41, 5.74) is 2.49. The highest BCUT2D eigenvalue weighted by atomic mass is 35.5. The molecule has 4 saturated carbocycles. The summed E-state index contributed by atoms with van der Waals surface area (Å²) in [6.07, 6.45) is 8.44. The summed E-state index contributed by atoms with van der Waals surface area (Å²) in [5, 5.41) is 15.3. The van der Waals surface area contributed by atoms with Gasteiger partial charge in [-0.05, 0) is 68.9 Å². The molecule has 0 radical (unpaired) electrons. The number of aliphatic hydroxyl groups excluding tert-OH is 1. The van der Waals surface area contributed by atoms with Crippen LogP contribution in [0, 0.1) is 5.41 Å². The van der Waals surface area contributed by atoms with Gasteiger partial charge in [0.2, 0.25) is 0 Å². The van der Waals surface area contributed by atoms with Crippen molar-refractivity contribution in [2.75, 3.05) is 6.61 Å². The van der Waals surface area contributed by atoms with E-state index < -0.39 is 0 Å². The Morgan fingerprint density at radius 1 is 1.07 bits per heavy atom. The van der Waals surface area contributed by atoms with Crippen molar-refractivity contribution in [3.05, 3.63) is 39.6 Å². The zero-order valence-corrected chi connectivity index (χ0v) is 17.4. The smallest absolute Gasteiger partial charge is 0.145 e. The predicted molar refractivity (Wildman–Crippen MR) is 109 cm³/mol. The number of halogens is 2. The third kappa shape index (κ3) is 3.19. The van der Waals surface area contributed by atoms with E-state index in [0.717, 1.165) is 68.3 Å². The largest absolute Gasteiger partial charge is 0.396 e. The first kappa shape index (κ1) is 18.9. The fourth-order valence-corrected chi connectivity index (χ4v) is 5.53. The Bertz CT molecular complexity index is 845. The predicted octanol–water partition coefficient (Wildman–Crippen LogP) is 6.13. The van der Waals surface area contributed by atoms with Crippen LogP contribution in [-0.2, 0) is 11.3 Å². The first-order valence-corrected chi connectivity index (χ1v) is 11.0. The van der Waals surface area contributed by atoms with E-state index in [9.17, 15) is 5.11 Å². The fraction of sp³-hybridized carbons (Fsp3) is 0.591. The van der Waals surface area contributed by atoms with Gasteiger partial charge in [-0.3, -0.25) is 0 Å². The standard InChI is InChI=1S/C22H25Cl2NO3/c23-16-2-1-3-17(24)18(16)19-15(20(28-25-19)14-4-5-14)12-27-22-9-6-21(13-26,7-10-22)8-11-22/h1-3,14,26H,4-13H2. The number of hydrogen-bond acceptors (Lipinski definition) is 4. The molecule has 4 fully saturated rings. The average molecular weight is 422 g/mol. The van der Waals surface area contributed by atoms with Crippen molar-refractivity contribution in [2.45, 2.75) is 69.5 Å². The van der Waals surface area contributed by atoms with Gasteiger partial charge in [-0.1, -0.05) is 34.4 Å². The molecule has 0 unspecified atom stereocenters. The monoisotopic (exact) mass is 421 g/mol. The second-order valence-electron chi connectivity index (χ2n) is 8.87. The Kier molecular flexibility index (Phi) is 4.74. The maximum Gasteiger partial charge on any atom is 0.145 e. The zero-order valence-electron chi connectivity index (χ0n) is 15.8. The Morgan fingerprint density at radius 3 is 2.29 bits per heavy atom. The minimum atomic E-state index is -0.0867. The lowest BCUT2D eigenvalue weighted by Gasteiger charge is -2.52. The van der Waals surface area contributed by atoms with E-state index in [-0.39, 0.29) is 11.0 Å². The van der Waals surface area contributed by atoms with Crippen LogP contribution in [0.5, 0.6) is 0 Å². The minimum absolute atomic E-state index is 0.0867. The Labute approximate surface area is 175 Å². The third-order valence-corrected chi connectivity index (χ3v) is 7.79. The van der Waals surface area contributed by atoms with E-state index in [0.29, 0.717) is 34.9 Å². The second kappa shape index (κ2) is 7.02. The molecule has 6 heteroatoms. The molecule has 150 valence electrons. The SMILES string of the molecule is OCC12CCC(OCc3c(-c4c(Cl)cccc4Cl)noc3C3CC3)(CC1)CC2. The molecule has 0 saturated heterocycles. The van der Waals surface area contributed by atoms with Gasteiger partial charge in [-0.15, -0.1) is 0 Å². The van der Waals surface area contributed by atoms with Crippen molar-refractivity contribution in [3.8, 4) is 11.3 Å². The average Bonchev–Trinajstić information content (AvgIpc) is 3.48. The maximum absolute atomic E-state index is 9.76. The summed E-state index contributed by atoms with van der Waals surface area (Å²) in [6, 6.07) is 5.49. The van der Waals surface area contributed by atoms with Gasteiger partial charge in [0.05, 0.1) is 22.3 Å². The molecule has 2 aromatic rings. The first-order chi connectivity index (χ1) is 13.5. The molecule has 6 rings (SSSR count). The van der Waals surface area contributed by atoms with E-state index in [4.69, 9.17) is 32.5 Å². The van der Waals surface area contributed by atoms with Crippen molar-refractivity contribution in [1.29, 1.82) is 0 Å². The van der Waals surface area contributed by atoms with E-state index in [1.165, 1.54) is 0 Å². The van der Waals surface area contributed by atoms with Gasteiger partial charge in [0.1, 0.15) is 11.5 Å². The van der Waals surface area contributed by atoms with Crippen LogP contribution in [0.25, 0.3) is 11.3 Å². The molecule has 1 aromatic heterocycles. The molecule has 0 atom stereocenters. The van der Waals surface area contributed by atoms with Crippen LogP contribution in [0.1, 0.15) is 68.6 Å². The molecule has 1 heterocycles. The Balaban J connectivity index is 1.43. The van der Waals surface area contributed by atoms with Gasteiger partial charge in [0.15, 0.2) is 0 Å². The first-order valence-electron chi connectivity index (χ1n) is 10.2. The van der Waals surface area contributed by atoms with Gasteiger partial charge in [0, 0.05) is 23.7 Å². The van der Waals surface area contributed by atoms with Crippen molar-refractivity contribution in [3.63, 3.8) is 0 Å². The second-order valence-corrected chi connectivity index (χ2v) is 9.69. The molecule has 2 bridgehead atoms. The number of hydrogen-bond donors (Lipinski definition) is 1. The summed E-state index contributed by atoms with van der Waals surface area (Å²) < 4.78 is 12.3. The highest BCUT2D eigenvalue weighted by molar-refractivity contribution is 6.39. The Morgan fingerprint density at radius 2 is 1.71 bits per heavy atom. The summed E-state index contributed by atoms with van der Waals surface area (Å²) >= 11 is 12.9. The van der Waals surface area contributed by atoms with Gasteiger partial charge in [-0.2, -0.15) is 0 Å². The lowest BCUT2D eigenvalue weighted by Crippen LogP contribution is -2.49. The van der Waals surface area contributed by atoms with Crippen LogP contribution in [0.3, 0.4) is 0 Å². The molecule has 0 amide bonds. The van der Waals surface area contributed by atoms with Crippen LogP contribution >= 0.6 is 23.2 Å². The third-order valence-electron chi connectivity index (χ3n) is 7.16. The van der Waals surface area contributed by atoms with E-state index in [1.54, 1.807) is 0 Å². The maximum atomic E-state index is 9.76. The summed E-state index contributed by atoms with van der Waals surface area (Å²) in [4.78, 5) is 0. The minimum Gasteiger partial charge on any atom is -0.396 e. The fourth-order valence-electron chi connectivity index (χ4n) is 4.96. The summed E-state index contributed by atoms with van der Waals surface area (Å²) in [7, 11) is 0. The number of nitrogens with zero attached hydrogens (tertiary/aromatic N) is 1. The number of benzene rings is 1. The van der Waals surface area contributed by atoms with Gasteiger partial charge in [-0.25, -0.2) is 0 Å². The van der Waals surface area contributed by atoms with Crippen molar-refractivity contribution < 1.29 is 14.4 Å². The topological polar surface area (TPSA) is 55.5 Å². The number of fused-ring (bicyclic) bond motifs is 3. The van der Waals surface area contributed by atoms with Crippen molar-refractivity contribution in [1.82, 2.24) is 5.16 Å². The van der Waals surface area contributed by atoms with E-state index >= 15 is 0 Å². The number of ether oxygens (including phenoxy) is 1. The molecular weight excluding hydrogens is 397 g/mol. The molecule has 4 nitrogen and oxygen atoms in total. The number of aromatic nitrogens is 1. The van der Waals surface area contributed by atoms with E-state index in [1.807, 2.05) is 18.2 Å². The highest BCUT2D eigenvalue weighted by Crippen LogP contribution is 2.54. The summed E-state index contributed by atoms with van der Waals surface area (Å²) in [6.45, 7) is 0.772.